The maximum atomic E-state index is 13.2. The van der Waals surface area contributed by atoms with E-state index < -0.39 is 5.82 Å². The smallest absolute Gasteiger partial charge is 0.174 e. The number of carbonyl (C=O) groups is 1. The zero-order chi connectivity index (χ0) is 13.7. The first-order chi connectivity index (χ1) is 9.15. The molecule has 0 saturated heterocycles. The quantitative estimate of drug-likeness (QED) is 0.827. The van der Waals surface area contributed by atoms with Crippen molar-refractivity contribution in [3.05, 3.63) is 65.7 Å². The van der Waals surface area contributed by atoms with Gasteiger partial charge in [0.1, 0.15) is 12.4 Å². The fourth-order valence-electron chi connectivity index (χ4n) is 1.60. The fourth-order valence-corrected chi connectivity index (χ4v) is 1.60. The van der Waals surface area contributed by atoms with Crippen LogP contribution in [0.1, 0.15) is 5.56 Å². The van der Waals surface area contributed by atoms with E-state index in [0.29, 0.717) is 5.56 Å². The molecule has 2 aromatic rings. The second kappa shape index (κ2) is 6.09. The molecular formula is C15H12F2O2. The van der Waals surface area contributed by atoms with Gasteiger partial charge >= 0.3 is 0 Å². The zero-order valence-corrected chi connectivity index (χ0v) is 10.1. The highest BCUT2D eigenvalue weighted by Gasteiger charge is 2.07. The van der Waals surface area contributed by atoms with Gasteiger partial charge in [-0.15, -0.1) is 0 Å². The van der Waals surface area contributed by atoms with Crippen molar-refractivity contribution in [2.75, 3.05) is 6.61 Å². The summed E-state index contributed by atoms with van der Waals surface area (Å²) in [7, 11) is 0. The van der Waals surface area contributed by atoms with Gasteiger partial charge in [0.25, 0.3) is 0 Å². The van der Waals surface area contributed by atoms with Crippen molar-refractivity contribution >= 4 is 5.78 Å². The molecule has 2 aromatic carbocycles. The number of benzene rings is 2. The van der Waals surface area contributed by atoms with Crippen molar-refractivity contribution < 1.29 is 18.3 Å². The minimum absolute atomic E-state index is 0.0509. The van der Waals surface area contributed by atoms with Crippen LogP contribution in [-0.2, 0) is 11.2 Å². The Kier molecular flexibility index (Phi) is 4.23. The van der Waals surface area contributed by atoms with Gasteiger partial charge in [0, 0.05) is 6.42 Å². The SMILES string of the molecule is O=C(COc1ccccc1F)Cc1ccc(F)cc1. The van der Waals surface area contributed by atoms with Gasteiger partial charge in [0.2, 0.25) is 0 Å². The van der Waals surface area contributed by atoms with Gasteiger partial charge in [-0.05, 0) is 29.8 Å². The number of halogens is 2. The summed E-state index contributed by atoms with van der Waals surface area (Å²) in [5.41, 5.74) is 0.698. The second-order valence-electron chi connectivity index (χ2n) is 4.06. The van der Waals surface area contributed by atoms with Crippen LogP contribution in [0.25, 0.3) is 0 Å². The van der Waals surface area contributed by atoms with Gasteiger partial charge in [-0.3, -0.25) is 4.79 Å². The predicted octanol–water partition coefficient (Wildman–Crippen LogP) is 3.16. The molecule has 2 nitrogen and oxygen atoms in total. The van der Waals surface area contributed by atoms with Gasteiger partial charge in [-0.25, -0.2) is 8.78 Å². The van der Waals surface area contributed by atoms with Crippen LogP contribution >= 0.6 is 0 Å². The van der Waals surface area contributed by atoms with E-state index in [1.165, 1.54) is 36.4 Å². The lowest BCUT2D eigenvalue weighted by molar-refractivity contribution is -0.120. The molecule has 0 N–H and O–H groups in total. The van der Waals surface area contributed by atoms with Crippen molar-refractivity contribution in [1.29, 1.82) is 0 Å². The minimum atomic E-state index is -0.503. The largest absolute Gasteiger partial charge is 0.483 e. The standard InChI is InChI=1S/C15H12F2O2/c16-12-7-5-11(6-8-12)9-13(18)10-19-15-4-2-1-3-14(15)17/h1-8H,9-10H2. The molecule has 0 heterocycles. The Labute approximate surface area is 109 Å². The molecule has 4 heteroatoms. The lowest BCUT2D eigenvalue weighted by Gasteiger charge is -2.06. The molecule has 2 rings (SSSR count). The highest BCUT2D eigenvalue weighted by atomic mass is 19.1. The van der Waals surface area contributed by atoms with Crippen LogP contribution < -0.4 is 4.74 Å². The number of rotatable bonds is 5. The van der Waals surface area contributed by atoms with E-state index in [1.54, 1.807) is 12.1 Å². The number of Topliss-reactive ketones (excluding diaryl/α,β-unsaturated/α-hetero) is 1. The van der Waals surface area contributed by atoms with Crippen LogP contribution in [0.4, 0.5) is 8.78 Å². The summed E-state index contributed by atoms with van der Waals surface area (Å²) < 4.78 is 31.0. The third kappa shape index (κ3) is 3.88. The molecular weight excluding hydrogens is 250 g/mol. The minimum Gasteiger partial charge on any atom is -0.483 e. The van der Waals surface area contributed by atoms with Crippen molar-refractivity contribution in [2.24, 2.45) is 0 Å². The molecule has 0 aliphatic carbocycles. The molecule has 0 aliphatic rings. The highest BCUT2D eigenvalue weighted by molar-refractivity contribution is 5.82. The highest BCUT2D eigenvalue weighted by Crippen LogP contribution is 2.15. The van der Waals surface area contributed by atoms with Gasteiger partial charge in [-0.1, -0.05) is 24.3 Å². The van der Waals surface area contributed by atoms with Crippen LogP contribution in [0.2, 0.25) is 0 Å². The van der Waals surface area contributed by atoms with Gasteiger partial charge in [-0.2, -0.15) is 0 Å². The molecule has 0 fully saturated rings. The van der Waals surface area contributed by atoms with Crippen molar-refractivity contribution in [3.63, 3.8) is 0 Å². The molecule has 98 valence electrons. The van der Waals surface area contributed by atoms with Crippen LogP contribution in [0.3, 0.4) is 0 Å². The summed E-state index contributed by atoms with van der Waals surface area (Å²) in [6, 6.07) is 11.6. The molecule has 0 radical (unpaired) electrons. The van der Waals surface area contributed by atoms with E-state index in [1.807, 2.05) is 0 Å². The van der Waals surface area contributed by atoms with E-state index in [-0.39, 0.29) is 30.4 Å². The summed E-state index contributed by atoms with van der Waals surface area (Å²) in [4.78, 5) is 11.6. The van der Waals surface area contributed by atoms with Crippen molar-refractivity contribution in [2.45, 2.75) is 6.42 Å². The topological polar surface area (TPSA) is 26.3 Å². The maximum Gasteiger partial charge on any atom is 0.174 e. The van der Waals surface area contributed by atoms with Crippen LogP contribution in [-0.4, -0.2) is 12.4 Å². The summed E-state index contributed by atoms with van der Waals surface area (Å²) in [5.74, 6) is -0.999. The van der Waals surface area contributed by atoms with E-state index in [9.17, 15) is 13.6 Å². The average Bonchev–Trinajstić information content (AvgIpc) is 2.40. The Morgan fingerprint density at radius 1 is 1.00 bits per heavy atom. The first-order valence-corrected chi connectivity index (χ1v) is 5.78. The summed E-state index contributed by atoms with van der Waals surface area (Å²) in [6.45, 7) is -0.210. The van der Waals surface area contributed by atoms with Crippen molar-refractivity contribution in [1.82, 2.24) is 0 Å². The maximum absolute atomic E-state index is 13.2. The molecule has 0 unspecified atom stereocenters. The summed E-state index contributed by atoms with van der Waals surface area (Å²) in [6.07, 6.45) is 0.134. The Morgan fingerprint density at radius 2 is 1.68 bits per heavy atom. The Balaban J connectivity index is 1.88. The van der Waals surface area contributed by atoms with E-state index >= 15 is 0 Å². The number of hydrogen-bond acceptors (Lipinski definition) is 2. The summed E-state index contributed by atoms with van der Waals surface area (Å²) in [5, 5.41) is 0. The normalized spacial score (nSPS) is 10.2. The third-order valence-corrected chi connectivity index (χ3v) is 2.54. The molecule has 19 heavy (non-hydrogen) atoms. The molecule has 0 saturated carbocycles. The van der Waals surface area contributed by atoms with Crippen LogP contribution in [0, 0.1) is 11.6 Å². The molecule has 0 atom stereocenters. The van der Waals surface area contributed by atoms with Gasteiger partial charge in [0.05, 0.1) is 0 Å². The third-order valence-electron chi connectivity index (χ3n) is 2.54. The lowest BCUT2D eigenvalue weighted by atomic mass is 10.1. The van der Waals surface area contributed by atoms with E-state index in [2.05, 4.69) is 0 Å². The molecule has 0 spiro atoms. The average molecular weight is 262 g/mol. The lowest BCUT2D eigenvalue weighted by Crippen LogP contribution is -2.14. The Morgan fingerprint density at radius 3 is 2.37 bits per heavy atom. The number of para-hydroxylation sites is 1. The predicted molar refractivity (Wildman–Crippen MR) is 67.0 cm³/mol. The molecule has 0 aromatic heterocycles. The summed E-state index contributed by atoms with van der Waals surface area (Å²) >= 11 is 0. The number of ether oxygens (including phenoxy) is 1. The second-order valence-corrected chi connectivity index (χ2v) is 4.06. The van der Waals surface area contributed by atoms with Crippen LogP contribution in [0.5, 0.6) is 5.75 Å². The fraction of sp³-hybridized carbons (Fsp3) is 0.133. The Hall–Kier alpha value is -2.23. The number of hydrogen-bond donors (Lipinski definition) is 0. The van der Waals surface area contributed by atoms with Crippen LogP contribution in [0.15, 0.2) is 48.5 Å². The Bertz CT molecular complexity index is 565. The molecule has 0 amide bonds. The first-order valence-electron chi connectivity index (χ1n) is 5.78. The molecule has 0 aliphatic heterocycles. The zero-order valence-electron chi connectivity index (χ0n) is 10.1. The number of carbonyl (C=O) groups excluding carboxylic acids is 1. The molecule has 0 bridgehead atoms. The monoisotopic (exact) mass is 262 g/mol. The van der Waals surface area contributed by atoms with Gasteiger partial charge < -0.3 is 4.74 Å². The first kappa shape index (κ1) is 13.2. The van der Waals surface area contributed by atoms with Gasteiger partial charge in [0.15, 0.2) is 17.3 Å². The van der Waals surface area contributed by atoms with Crippen molar-refractivity contribution in [3.8, 4) is 5.75 Å². The number of ketones is 1. The van der Waals surface area contributed by atoms with E-state index in [4.69, 9.17) is 4.74 Å². The van der Waals surface area contributed by atoms with E-state index in [0.717, 1.165) is 0 Å².